The Morgan fingerprint density at radius 1 is 1.53 bits per heavy atom. The van der Waals surface area contributed by atoms with Crippen LogP contribution in [-0.4, -0.2) is 19.9 Å². The second-order valence-corrected chi connectivity index (χ2v) is 5.83. The third-order valence-corrected chi connectivity index (χ3v) is 4.73. The molecule has 0 aromatic heterocycles. The molecule has 3 rings (SSSR count). The van der Waals surface area contributed by atoms with Gasteiger partial charge in [0, 0.05) is 13.2 Å². The number of rotatable bonds is 3. The average Bonchev–Trinajstić information content (AvgIpc) is 3.14. The van der Waals surface area contributed by atoms with Crippen molar-refractivity contribution in [2.45, 2.75) is 38.5 Å². The zero-order valence-electron chi connectivity index (χ0n) is 11.8. The van der Waals surface area contributed by atoms with Gasteiger partial charge in [0.25, 0.3) is 0 Å². The fourth-order valence-electron chi connectivity index (χ4n) is 3.93. The minimum absolute atomic E-state index is 0.00907. The Hall–Kier alpha value is -1.09. The lowest BCUT2D eigenvalue weighted by Gasteiger charge is -2.31. The smallest absolute Gasteiger partial charge is 0.332 e. The summed E-state index contributed by atoms with van der Waals surface area (Å²) < 4.78 is 8.78. The van der Waals surface area contributed by atoms with E-state index < -0.39 is 5.97 Å². The molecule has 0 N–H and O–H groups in total. The Labute approximate surface area is 115 Å². The number of allylic oxidation sites excluding steroid dienone is 2. The summed E-state index contributed by atoms with van der Waals surface area (Å²) >= 11 is 0. The van der Waals surface area contributed by atoms with Crippen molar-refractivity contribution in [1.82, 2.24) is 0 Å². The highest BCUT2D eigenvalue weighted by Crippen LogP contribution is 2.60. The average molecular weight is 264 g/mol. The molecule has 3 aliphatic rings. The molecule has 106 valence electrons. The maximum absolute atomic E-state index is 10.2. The number of methoxy groups -OCH3 is 1. The van der Waals surface area contributed by atoms with Gasteiger partial charge < -0.3 is 9.47 Å². The lowest BCUT2D eigenvalue weighted by molar-refractivity contribution is -0.147. The van der Waals surface area contributed by atoms with Crippen molar-refractivity contribution in [3.8, 4) is 0 Å². The molecular weight excluding hydrogens is 240 g/mol. The Morgan fingerprint density at radius 2 is 2.37 bits per heavy atom. The van der Waals surface area contributed by atoms with Gasteiger partial charge in [0.2, 0.25) is 0 Å². The molecule has 3 atom stereocenters. The van der Waals surface area contributed by atoms with Gasteiger partial charge in [-0.25, -0.2) is 4.79 Å². The molecule has 0 amide bonds. The Bertz CT molecular complexity index is 361. The van der Waals surface area contributed by atoms with Gasteiger partial charge in [-0.1, -0.05) is 25.2 Å². The van der Waals surface area contributed by atoms with Crippen LogP contribution in [0.1, 0.15) is 38.5 Å². The monoisotopic (exact) mass is 264 g/mol. The van der Waals surface area contributed by atoms with E-state index in [0.717, 1.165) is 23.3 Å². The van der Waals surface area contributed by atoms with Crippen LogP contribution in [0.15, 0.2) is 24.8 Å². The molecule has 2 fully saturated rings. The zero-order valence-corrected chi connectivity index (χ0v) is 11.8. The van der Waals surface area contributed by atoms with Crippen molar-refractivity contribution in [2.24, 2.45) is 17.3 Å². The molecule has 2 saturated carbocycles. The first kappa shape index (κ1) is 14.3. The first-order chi connectivity index (χ1) is 9.20. The van der Waals surface area contributed by atoms with Gasteiger partial charge in [-0.3, -0.25) is 0 Å². The molecule has 3 nitrogen and oxygen atoms in total. The molecule has 0 aromatic rings. The standard InChI is InChI=1S/C11H16.C5H8O3/c1-2-6-11(5-1)8-9-3-4-10(11)7-9;1-3-5(6)8-4-7-2/h1,5,9-10H,2-4,6-8H2;3H,1,4H2,2H3. The van der Waals surface area contributed by atoms with Crippen molar-refractivity contribution >= 4 is 5.97 Å². The number of hydrogen-bond donors (Lipinski definition) is 0. The molecular formula is C16H24O3. The molecule has 2 bridgehead atoms. The fraction of sp³-hybridized carbons (Fsp3) is 0.688. The van der Waals surface area contributed by atoms with E-state index in [0.29, 0.717) is 0 Å². The van der Waals surface area contributed by atoms with E-state index in [-0.39, 0.29) is 6.79 Å². The van der Waals surface area contributed by atoms with Gasteiger partial charge in [-0.15, -0.1) is 0 Å². The minimum Gasteiger partial charge on any atom is -0.435 e. The van der Waals surface area contributed by atoms with Gasteiger partial charge in [0.05, 0.1) is 0 Å². The summed E-state index contributed by atoms with van der Waals surface area (Å²) in [6.07, 6.45) is 15.1. The predicted octanol–water partition coefficient (Wildman–Crippen LogP) is 3.46. The lowest BCUT2D eigenvalue weighted by atomic mass is 9.73. The van der Waals surface area contributed by atoms with E-state index in [2.05, 4.69) is 28.2 Å². The summed E-state index contributed by atoms with van der Waals surface area (Å²) in [6, 6.07) is 0. The first-order valence-corrected chi connectivity index (χ1v) is 7.16. The summed E-state index contributed by atoms with van der Waals surface area (Å²) in [4.78, 5) is 10.2. The SMILES string of the molecule is C1=CC2(CC1)CC1CCC2C1.C=CC(=O)OCOC. The van der Waals surface area contributed by atoms with Crippen molar-refractivity contribution in [2.75, 3.05) is 13.9 Å². The van der Waals surface area contributed by atoms with Crippen LogP contribution in [0.25, 0.3) is 0 Å². The molecule has 3 unspecified atom stereocenters. The van der Waals surface area contributed by atoms with E-state index in [1.807, 2.05) is 0 Å². The van der Waals surface area contributed by atoms with E-state index in [9.17, 15) is 4.79 Å². The molecule has 0 aliphatic heterocycles. The highest BCUT2D eigenvalue weighted by atomic mass is 16.7. The molecule has 3 aliphatic carbocycles. The molecule has 3 heteroatoms. The van der Waals surface area contributed by atoms with E-state index in [1.165, 1.54) is 32.8 Å². The molecule has 0 heterocycles. The Morgan fingerprint density at radius 3 is 2.84 bits per heavy atom. The van der Waals surface area contributed by atoms with E-state index in [4.69, 9.17) is 0 Å². The summed E-state index contributed by atoms with van der Waals surface area (Å²) in [6.45, 7) is 3.17. The Kier molecular flexibility index (Phi) is 4.81. The minimum atomic E-state index is -0.466. The highest BCUT2D eigenvalue weighted by Gasteiger charge is 2.49. The van der Waals surface area contributed by atoms with Crippen LogP contribution in [0.3, 0.4) is 0 Å². The third kappa shape index (κ3) is 3.27. The van der Waals surface area contributed by atoms with Crippen LogP contribution in [0.2, 0.25) is 0 Å². The fourth-order valence-corrected chi connectivity index (χ4v) is 3.93. The number of fused-ring (bicyclic) bond motifs is 3. The third-order valence-electron chi connectivity index (χ3n) is 4.73. The topological polar surface area (TPSA) is 35.5 Å². The van der Waals surface area contributed by atoms with Crippen LogP contribution >= 0.6 is 0 Å². The summed E-state index contributed by atoms with van der Waals surface area (Å²) in [7, 11) is 1.44. The van der Waals surface area contributed by atoms with Gasteiger partial charge >= 0.3 is 5.97 Å². The van der Waals surface area contributed by atoms with Gasteiger partial charge in [0.15, 0.2) is 6.79 Å². The van der Waals surface area contributed by atoms with Crippen LogP contribution in [-0.2, 0) is 14.3 Å². The molecule has 0 radical (unpaired) electrons. The number of ether oxygens (including phenoxy) is 2. The van der Waals surface area contributed by atoms with Gasteiger partial charge in [-0.2, -0.15) is 0 Å². The number of carbonyl (C=O) groups excluding carboxylic acids is 1. The maximum Gasteiger partial charge on any atom is 0.332 e. The predicted molar refractivity (Wildman–Crippen MR) is 74.4 cm³/mol. The largest absolute Gasteiger partial charge is 0.435 e. The van der Waals surface area contributed by atoms with Crippen molar-refractivity contribution in [3.05, 3.63) is 24.8 Å². The number of hydrogen-bond acceptors (Lipinski definition) is 3. The van der Waals surface area contributed by atoms with Crippen LogP contribution in [0.4, 0.5) is 0 Å². The summed E-state index contributed by atoms with van der Waals surface area (Å²) in [5, 5.41) is 0. The molecule has 19 heavy (non-hydrogen) atoms. The van der Waals surface area contributed by atoms with Crippen LogP contribution in [0.5, 0.6) is 0 Å². The van der Waals surface area contributed by atoms with Crippen molar-refractivity contribution in [3.63, 3.8) is 0 Å². The Balaban J connectivity index is 0.000000151. The normalized spacial score (nSPS) is 34.2. The second-order valence-electron chi connectivity index (χ2n) is 5.83. The molecule has 0 aromatic carbocycles. The summed E-state index contributed by atoms with van der Waals surface area (Å²) in [5.41, 5.74) is 0.725. The second kappa shape index (κ2) is 6.38. The zero-order chi connectivity index (χ0) is 13.7. The maximum atomic E-state index is 10.2. The highest BCUT2D eigenvalue weighted by molar-refractivity contribution is 5.81. The van der Waals surface area contributed by atoms with Gasteiger partial charge in [-0.05, 0) is 49.4 Å². The van der Waals surface area contributed by atoms with Crippen LogP contribution < -0.4 is 0 Å². The molecule has 0 saturated heterocycles. The lowest BCUT2D eigenvalue weighted by Crippen LogP contribution is -2.22. The summed E-state index contributed by atoms with van der Waals surface area (Å²) in [5.74, 6) is 1.74. The number of carbonyl (C=O) groups is 1. The van der Waals surface area contributed by atoms with E-state index in [1.54, 1.807) is 12.8 Å². The van der Waals surface area contributed by atoms with Crippen molar-refractivity contribution in [1.29, 1.82) is 0 Å². The van der Waals surface area contributed by atoms with Crippen molar-refractivity contribution < 1.29 is 14.3 Å². The van der Waals surface area contributed by atoms with Gasteiger partial charge in [0.1, 0.15) is 0 Å². The number of esters is 1. The quantitative estimate of drug-likeness (QED) is 0.339. The van der Waals surface area contributed by atoms with E-state index >= 15 is 0 Å². The molecule has 1 spiro atoms. The van der Waals surface area contributed by atoms with Crippen LogP contribution in [0, 0.1) is 17.3 Å². The first-order valence-electron chi connectivity index (χ1n) is 7.16.